The maximum absolute atomic E-state index is 12.0. The van der Waals surface area contributed by atoms with Crippen LogP contribution in [-0.2, 0) is 25.7 Å². The second-order valence-electron chi connectivity index (χ2n) is 6.56. The van der Waals surface area contributed by atoms with Crippen molar-refractivity contribution < 1.29 is 23.8 Å². The molecule has 0 saturated carbocycles. The molecule has 142 valence electrons. The lowest BCUT2D eigenvalue weighted by atomic mass is 10.1. The maximum atomic E-state index is 12.0. The largest absolute Gasteiger partial charge is 0.487 e. The van der Waals surface area contributed by atoms with E-state index in [1.54, 1.807) is 18.2 Å². The number of benzene rings is 2. The molecular formula is C21H18N2O5. The highest BCUT2D eigenvalue weighted by Gasteiger charge is 2.42. The molecule has 2 aromatic carbocycles. The van der Waals surface area contributed by atoms with E-state index in [-0.39, 0.29) is 0 Å². The standard InChI is InChI=1S/C21H18N2O5/c1-21(2)27-19(24)17(20(25)28-21)12-23-16-9-8-15(11-22)18(10-16)26-13-14-6-4-3-5-7-14/h3-10,12,17H,13H2,1-2H3. The lowest BCUT2D eigenvalue weighted by Crippen LogP contribution is -2.46. The number of rotatable bonds is 5. The van der Waals surface area contributed by atoms with E-state index in [1.807, 2.05) is 30.3 Å². The van der Waals surface area contributed by atoms with E-state index in [2.05, 4.69) is 11.1 Å². The van der Waals surface area contributed by atoms with E-state index >= 15 is 0 Å². The van der Waals surface area contributed by atoms with E-state index in [0.717, 1.165) is 5.56 Å². The number of carbonyl (C=O) groups is 2. The minimum Gasteiger partial charge on any atom is -0.487 e. The second kappa shape index (κ2) is 7.92. The Bertz CT molecular complexity index is 941. The summed E-state index contributed by atoms with van der Waals surface area (Å²) in [4.78, 5) is 28.1. The van der Waals surface area contributed by atoms with Gasteiger partial charge in [0, 0.05) is 26.1 Å². The third kappa shape index (κ3) is 4.54. The highest BCUT2D eigenvalue weighted by Crippen LogP contribution is 2.27. The molecule has 1 aliphatic heterocycles. The fourth-order valence-corrected chi connectivity index (χ4v) is 2.55. The fraction of sp³-hybridized carbons (Fsp3) is 0.238. The zero-order valence-corrected chi connectivity index (χ0v) is 15.4. The summed E-state index contributed by atoms with van der Waals surface area (Å²) >= 11 is 0. The van der Waals surface area contributed by atoms with Gasteiger partial charge in [0.05, 0.1) is 11.3 Å². The second-order valence-corrected chi connectivity index (χ2v) is 6.56. The van der Waals surface area contributed by atoms with Crippen molar-refractivity contribution in [2.24, 2.45) is 10.9 Å². The molecule has 0 spiro atoms. The lowest BCUT2D eigenvalue weighted by molar-refractivity contribution is -0.235. The summed E-state index contributed by atoms with van der Waals surface area (Å²) < 4.78 is 15.8. The molecule has 7 nitrogen and oxygen atoms in total. The molecule has 0 atom stereocenters. The normalized spacial score (nSPS) is 16.3. The van der Waals surface area contributed by atoms with Crippen LogP contribution < -0.4 is 4.74 Å². The molecule has 0 bridgehead atoms. The summed E-state index contributed by atoms with van der Waals surface area (Å²) in [6, 6.07) is 16.3. The van der Waals surface area contributed by atoms with Crippen molar-refractivity contribution in [3.05, 3.63) is 59.7 Å². The molecule has 0 aromatic heterocycles. The Kier molecular flexibility index (Phi) is 5.41. The van der Waals surface area contributed by atoms with Crippen molar-refractivity contribution in [2.75, 3.05) is 0 Å². The first-order valence-electron chi connectivity index (χ1n) is 8.59. The first-order valence-corrected chi connectivity index (χ1v) is 8.59. The molecule has 28 heavy (non-hydrogen) atoms. The summed E-state index contributed by atoms with van der Waals surface area (Å²) in [5.41, 5.74) is 1.73. The van der Waals surface area contributed by atoms with Gasteiger partial charge < -0.3 is 14.2 Å². The number of hydrogen-bond donors (Lipinski definition) is 0. The van der Waals surface area contributed by atoms with Crippen molar-refractivity contribution in [3.63, 3.8) is 0 Å². The zero-order chi connectivity index (χ0) is 20.1. The van der Waals surface area contributed by atoms with Gasteiger partial charge in [-0.05, 0) is 17.7 Å². The molecule has 3 rings (SSSR count). The van der Waals surface area contributed by atoms with Gasteiger partial charge in [0.1, 0.15) is 18.4 Å². The molecule has 0 N–H and O–H groups in total. The first-order chi connectivity index (χ1) is 13.4. The van der Waals surface area contributed by atoms with Crippen LogP contribution >= 0.6 is 0 Å². The van der Waals surface area contributed by atoms with Crippen molar-refractivity contribution in [2.45, 2.75) is 26.2 Å². The Balaban J connectivity index is 1.76. The minimum atomic E-state index is -1.29. The number of carbonyl (C=O) groups excluding carboxylic acids is 2. The summed E-state index contributed by atoms with van der Waals surface area (Å²) in [6.45, 7) is 3.25. The van der Waals surface area contributed by atoms with Crippen LogP contribution in [0, 0.1) is 17.2 Å². The van der Waals surface area contributed by atoms with Crippen molar-refractivity contribution in [3.8, 4) is 11.8 Å². The van der Waals surface area contributed by atoms with Gasteiger partial charge in [-0.25, -0.2) is 0 Å². The highest BCUT2D eigenvalue weighted by atomic mass is 16.7. The molecule has 0 unspecified atom stereocenters. The average molecular weight is 378 g/mol. The molecule has 0 aliphatic carbocycles. The number of cyclic esters (lactones) is 2. The Morgan fingerprint density at radius 3 is 2.46 bits per heavy atom. The molecule has 1 heterocycles. The van der Waals surface area contributed by atoms with Gasteiger partial charge in [-0.1, -0.05) is 30.3 Å². The number of hydrogen-bond acceptors (Lipinski definition) is 7. The Morgan fingerprint density at radius 2 is 1.82 bits per heavy atom. The minimum absolute atomic E-state index is 0.291. The summed E-state index contributed by atoms with van der Waals surface area (Å²) in [5, 5.41) is 9.27. The number of esters is 2. The van der Waals surface area contributed by atoms with Crippen molar-refractivity contribution in [1.29, 1.82) is 5.26 Å². The fourth-order valence-electron chi connectivity index (χ4n) is 2.55. The van der Waals surface area contributed by atoms with Crippen LogP contribution in [0.2, 0.25) is 0 Å². The summed E-state index contributed by atoms with van der Waals surface area (Å²) in [7, 11) is 0. The van der Waals surface area contributed by atoms with Crippen molar-refractivity contribution in [1.82, 2.24) is 0 Å². The predicted molar refractivity (Wildman–Crippen MR) is 99.8 cm³/mol. The Labute approximate surface area is 162 Å². The molecule has 0 amide bonds. The molecule has 0 radical (unpaired) electrons. The lowest BCUT2D eigenvalue weighted by Gasteiger charge is -2.31. The van der Waals surface area contributed by atoms with Crippen LogP contribution in [0.15, 0.2) is 53.5 Å². The maximum Gasteiger partial charge on any atom is 0.329 e. The molecular weight excluding hydrogens is 360 g/mol. The number of nitriles is 1. The van der Waals surface area contributed by atoms with Crippen LogP contribution in [0.25, 0.3) is 0 Å². The van der Waals surface area contributed by atoms with Gasteiger partial charge in [0.25, 0.3) is 5.79 Å². The average Bonchev–Trinajstić information content (AvgIpc) is 2.65. The monoisotopic (exact) mass is 378 g/mol. The summed E-state index contributed by atoms with van der Waals surface area (Å²) in [5.74, 6) is -3.61. The van der Waals surface area contributed by atoms with Gasteiger partial charge in [0.15, 0.2) is 5.92 Å². The zero-order valence-electron chi connectivity index (χ0n) is 15.4. The summed E-state index contributed by atoms with van der Waals surface area (Å²) in [6.07, 6.45) is 1.17. The van der Waals surface area contributed by atoms with Crippen LogP contribution in [0.3, 0.4) is 0 Å². The smallest absolute Gasteiger partial charge is 0.329 e. The molecule has 1 saturated heterocycles. The van der Waals surface area contributed by atoms with Gasteiger partial charge in [-0.3, -0.25) is 14.6 Å². The molecule has 1 aliphatic rings. The van der Waals surface area contributed by atoms with Crippen LogP contribution in [-0.4, -0.2) is 23.9 Å². The van der Waals surface area contributed by atoms with E-state index < -0.39 is 23.6 Å². The van der Waals surface area contributed by atoms with Gasteiger partial charge in [-0.15, -0.1) is 0 Å². The molecule has 1 fully saturated rings. The quantitative estimate of drug-likeness (QED) is 0.450. The SMILES string of the molecule is CC1(C)OC(=O)C(C=Nc2ccc(C#N)c(OCc3ccccc3)c2)C(=O)O1. The molecule has 2 aromatic rings. The van der Waals surface area contributed by atoms with Gasteiger partial charge >= 0.3 is 11.9 Å². The van der Waals surface area contributed by atoms with Crippen LogP contribution in [0.4, 0.5) is 5.69 Å². The Hall–Kier alpha value is -3.66. The number of nitrogens with zero attached hydrogens (tertiary/aromatic N) is 2. The van der Waals surface area contributed by atoms with E-state index in [4.69, 9.17) is 14.2 Å². The van der Waals surface area contributed by atoms with E-state index in [0.29, 0.717) is 23.6 Å². The van der Waals surface area contributed by atoms with Crippen LogP contribution in [0.5, 0.6) is 5.75 Å². The third-order valence-electron chi connectivity index (χ3n) is 3.90. The number of ether oxygens (including phenoxy) is 3. The Morgan fingerprint density at radius 1 is 1.14 bits per heavy atom. The third-order valence-corrected chi connectivity index (χ3v) is 3.90. The number of aliphatic imine (C=N–C) groups is 1. The predicted octanol–water partition coefficient (Wildman–Crippen LogP) is 3.29. The van der Waals surface area contributed by atoms with Gasteiger partial charge in [-0.2, -0.15) is 5.26 Å². The van der Waals surface area contributed by atoms with Gasteiger partial charge in [0.2, 0.25) is 0 Å². The highest BCUT2D eigenvalue weighted by molar-refractivity contribution is 6.10. The van der Waals surface area contributed by atoms with Crippen LogP contribution in [0.1, 0.15) is 25.0 Å². The van der Waals surface area contributed by atoms with E-state index in [9.17, 15) is 14.9 Å². The van der Waals surface area contributed by atoms with E-state index in [1.165, 1.54) is 20.1 Å². The molecule has 7 heteroatoms. The topological polar surface area (TPSA) is 98.0 Å². The van der Waals surface area contributed by atoms with Crippen molar-refractivity contribution >= 4 is 23.8 Å². The first kappa shape index (κ1) is 19.1.